The molecule has 1 N–H and O–H groups in total. The minimum absolute atomic E-state index is 0.0363. The van der Waals surface area contributed by atoms with Gasteiger partial charge in [-0.3, -0.25) is 4.79 Å². The van der Waals surface area contributed by atoms with Gasteiger partial charge < -0.3 is 5.32 Å². The molecule has 0 aliphatic carbocycles. The van der Waals surface area contributed by atoms with Gasteiger partial charge in [-0.15, -0.1) is 0 Å². The summed E-state index contributed by atoms with van der Waals surface area (Å²) in [6, 6.07) is 6.94. The number of pyridine rings is 1. The lowest BCUT2D eigenvalue weighted by Gasteiger charge is -2.08. The van der Waals surface area contributed by atoms with E-state index in [-0.39, 0.29) is 11.3 Å². The Bertz CT molecular complexity index is 584. The lowest BCUT2D eigenvalue weighted by Crippen LogP contribution is -2.15. The first-order valence-corrected chi connectivity index (χ1v) is 5.75. The molecule has 92 valence electrons. The number of anilines is 1. The first-order chi connectivity index (χ1) is 8.59. The van der Waals surface area contributed by atoms with Crippen LogP contribution in [0.5, 0.6) is 0 Å². The van der Waals surface area contributed by atoms with Crippen LogP contribution in [0.25, 0.3) is 0 Å². The van der Waals surface area contributed by atoms with Crippen molar-refractivity contribution in [3.05, 3.63) is 58.3 Å². The third kappa shape index (κ3) is 2.53. The summed E-state index contributed by atoms with van der Waals surface area (Å²) in [6.07, 6.45) is 1.23. The summed E-state index contributed by atoms with van der Waals surface area (Å²) in [5.41, 5.74) is -0.279. The molecule has 0 aliphatic rings. The van der Waals surface area contributed by atoms with Gasteiger partial charge in [-0.1, -0.05) is 6.07 Å². The van der Waals surface area contributed by atoms with Gasteiger partial charge in [-0.05, 0) is 40.2 Å². The predicted molar refractivity (Wildman–Crippen MR) is 66.2 cm³/mol. The average molecular weight is 313 g/mol. The molecular weight excluding hydrogens is 306 g/mol. The molecule has 0 unspecified atom stereocenters. The van der Waals surface area contributed by atoms with E-state index >= 15 is 0 Å². The highest BCUT2D eigenvalue weighted by molar-refractivity contribution is 9.10. The molecule has 18 heavy (non-hydrogen) atoms. The van der Waals surface area contributed by atoms with Crippen molar-refractivity contribution in [1.82, 2.24) is 4.98 Å². The van der Waals surface area contributed by atoms with E-state index in [0.29, 0.717) is 4.47 Å². The maximum absolute atomic E-state index is 13.5. The second-order valence-corrected chi connectivity index (χ2v) is 4.25. The topological polar surface area (TPSA) is 42.0 Å². The molecule has 1 amide bonds. The highest BCUT2D eigenvalue weighted by Crippen LogP contribution is 2.25. The van der Waals surface area contributed by atoms with Crippen molar-refractivity contribution in [3.8, 4) is 0 Å². The van der Waals surface area contributed by atoms with Gasteiger partial charge in [0, 0.05) is 10.7 Å². The summed E-state index contributed by atoms with van der Waals surface area (Å²) in [4.78, 5) is 15.1. The summed E-state index contributed by atoms with van der Waals surface area (Å²) in [5, 5.41) is 2.29. The summed E-state index contributed by atoms with van der Waals surface area (Å²) in [5.74, 6) is -2.27. The van der Waals surface area contributed by atoms with Gasteiger partial charge >= 0.3 is 0 Å². The van der Waals surface area contributed by atoms with Crippen LogP contribution in [0, 0.1) is 11.8 Å². The van der Waals surface area contributed by atoms with Crippen LogP contribution in [-0.4, -0.2) is 10.9 Å². The molecule has 3 nitrogen and oxygen atoms in total. The van der Waals surface area contributed by atoms with Crippen LogP contribution in [0.1, 0.15) is 10.4 Å². The Morgan fingerprint density at radius 3 is 2.67 bits per heavy atom. The minimum Gasteiger partial charge on any atom is -0.318 e. The van der Waals surface area contributed by atoms with Crippen LogP contribution in [0.3, 0.4) is 0 Å². The number of para-hydroxylation sites is 1. The number of nitrogens with one attached hydrogen (secondary N) is 1. The number of amides is 1. The molecule has 2 aromatic rings. The van der Waals surface area contributed by atoms with E-state index in [9.17, 15) is 13.6 Å². The molecule has 0 radical (unpaired) electrons. The Morgan fingerprint density at radius 2 is 2.00 bits per heavy atom. The van der Waals surface area contributed by atoms with Crippen LogP contribution in [0.2, 0.25) is 0 Å². The third-order valence-corrected chi connectivity index (χ3v) is 2.87. The van der Waals surface area contributed by atoms with E-state index in [1.807, 2.05) is 0 Å². The van der Waals surface area contributed by atoms with Gasteiger partial charge in [0.05, 0.1) is 11.3 Å². The summed E-state index contributed by atoms with van der Waals surface area (Å²) >= 11 is 3.10. The van der Waals surface area contributed by atoms with E-state index in [1.165, 1.54) is 30.5 Å². The minimum atomic E-state index is -0.900. The Morgan fingerprint density at radius 1 is 1.22 bits per heavy atom. The van der Waals surface area contributed by atoms with Gasteiger partial charge in [0.25, 0.3) is 5.91 Å². The van der Waals surface area contributed by atoms with Crippen LogP contribution in [-0.2, 0) is 0 Å². The SMILES string of the molecule is O=C(Nc1c(F)cccc1Br)c1cccnc1F. The van der Waals surface area contributed by atoms with Gasteiger partial charge in [-0.2, -0.15) is 4.39 Å². The number of aromatic nitrogens is 1. The number of carbonyl (C=O) groups is 1. The number of carbonyl (C=O) groups excluding carboxylic acids is 1. The van der Waals surface area contributed by atoms with Gasteiger partial charge in [0.2, 0.25) is 5.95 Å². The maximum atomic E-state index is 13.5. The third-order valence-electron chi connectivity index (χ3n) is 2.21. The maximum Gasteiger partial charge on any atom is 0.260 e. The van der Waals surface area contributed by atoms with Gasteiger partial charge in [-0.25, -0.2) is 9.37 Å². The molecule has 0 saturated heterocycles. The molecule has 0 saturated carbocycles. The highest BCUT2D eigenvalue weighted by Gasteiger charge is 2.15. The number of halogens is 3. The average Bonchev–Trinajstić information content (AvgIpc) is 2.34. The lowest BCUT2D eigenvalue weighted by atomic mass is 10.2. The van der Waals surface area contributed by atoms with Crippen molar-refractivity contribution < 1.29 is 13.6 Å². The van der Waals surface area contributed by atoms with Crippen molar-refractivity contribution in [1.29, 1.82) is 0 Å². The molecule has 0 bridgehead atoms. The molecule has 0 fully saturated rings. The number of benzene rings is 1. The van der Waals surface area contributed by atoms with Gasteiger partial charge in [0.1, 0.15) is 5.82 Å². The Hall–Kier alpha value is -1.82. The predicted octanol–water partition coefficient (Wildman–Crippen LogP) is 3.37. The lowest BCUT2D eigenvalue weighted by molar-refractivity contribution is 0.102. The Labute approximate surface area is 110 Å². The smallest absolute Gasteiger partial charge is 0.260 e. The van der Waals surface area contributed by atoms with Crippen LogP contribution in [0.4, 0.5) is 14.5 Å². The molecule has 0 aliphatic heterocycles. The first kappa shape index (κ1) is 12.6. The zero-order valence-electron chi connectivity index (χ0n) is 8.95. The fraction of sp³-hybridized carbons (Fsp3) is 0. The van der Waals surface area contributed by atoms with E-state index < -0.39 is 17.7 Å². The standard InChI is InChI=1S/C12H7BrF2N2O/c13-8-4-1-5-9(14)10(8)17-12(18)7-3-2-6-16-11(7)15/h1-6H,(H,17,18). The molecule has 0 spiro atoms. The second kappa shape index (κ2) is 5.22. The molecule has 1 aromatic heterocycles. The molecule has 2 rings (SSSR count). The van der Waals surface area contributed by atoms with Crippen LogP contribution >= 0.6 is 15.9 Å². The molecule has 1 heterocycles. The van der Waals surface area contributed by atoms with Crippen LogP contribution < -0.4 is 5.32 Å². The number of nitrogens with zero attached hydrogens (tertiary/aromatic N) is 1. The monoisotopic (exact) mass is 312 g/mol. The van der Waals surface area contributed by atoms with Crippen molar-refractivity contribution in [2.45, 2.75) is 0 Å². The van der Waals surface area contributed by atoms with Crippen molar-refractivity contribution in [2.24, 2.45) is 0 Å². The van der Waals surface area contributed by atoms with E-state index in [1.54, 1.807) is 6.07 Å². The first-order valence-electron chi connectivity index (χ1n) is 4.95. The highest BCUT2D eigenvalue weighted by atomic mass is 79.9. The fourth-order valence-electron chi connectivity index (χ4n) is 1.35. The van der Waals surface area contributed by atoms with E-state index in [0.717, 1.165) is 0 Å². The number of hydrogen-bond donors (Lipinski definition) is 1. The quantitative estimate of drug-likeness (QED) is 0.864. The molecule has 1 aromatic carbocycles. The van der Waals surface area contributed by atoms with Crippen LogP contribution in [0.15, 0.2) is 41.0 Å². The Kier molecular flexibility index (Phi) is 3.66. The van der Waals surface area contributed by atoms with Crippen molar-refractivity contribution in [2.75, 3.05) is 5.32 Å². The van der Waals surface area contributed by atoms with E-state index in [4.69, 9.17) is 0 Å². The largest absolute Gasteiger partial charge is 0.318 e. The zero-order valence-corrected chi connectivity index (χ0v) is 10.5. The van der Waals surface area contributed by atoms with Crippen molar-refractivity contribution >= 4 is 27.5 Å². The summed E-state index contributed by atoms with van der Waals surface area (Å²) in [7, 11) is 0. The fourth-order valence-corrected chi connectivity index (χ4v) is 1.79. The normalized spacial score (nSPS) is 10.2. The molecule has 6 heteroatoms. The Balaban J connectivity index is 2.30. The number of rotatable bonds is 2. The zero-order chi connectivity index (χ0) is 13.1. The summed E-state index contributed by atoms with van der Waals surface area (Å²) in [6.45, 7) is 0. The second-order valence-electron chi connectivity index (χ2n) is 3.39. The van der Waals surface area contributed by atoms with Crippen molar-refractivity contribution in [3.63, 3.8) is 0 Å². The molecule has 0 atom stereocenters. The molecular formula is C12H7BrF2N2O. The number of hydrogen-bond acceptors (Lipinski definition) is 2. The van der Waals surface area contributed by atoms with Gasteiger partial charge in [0.15, 0.2) is 0 Å². The van der Waals surface area contributed by atoms with E-state index in [2.05, 4.69) is 26.2 Å². The summed E-state index contributed by atoms with van der Waals surface area (Å²) < 4.78 is 27.1.